The zero-order valence-electron chi connectivity index (χ0n) is 11.3. The number of carbonyl (C=O) groups excluding carboxylic acids is 2. The Morgan fingerprint density at radius 3 is 2.45 bits per heavy atom. The maximum absolute atomic E-state index is 11.7. The van der Waals surface area contributed by atoms with Crippen molar-refractivity contribution in [2.24, 2.45) is 5.73 Å². The number of fused-ring (bicyclic) bond motifs is 1. The van der Waals surface area contributed by atoms with E-state index < -0.39 is 61.1 Å². The van der Waals surface area contributed by atoms with Crippen LogP contribution >= 0.6 is 0 Å². The molecule has 0 aliphatic carbocycles. The normalized spacial score (nSPS) is 46.6. The van der Waals surface area contributed by atoms with E-state index in [0.717, 1.165) is 0 Å². The summed E-state index contributed by atoms with van der Waals surface area (Å²) in [4.78, 5) is 23.4. The second kappa shape index (κ2) is 5.70. The van der Waals surface area contributed by atoms with E-state index in [1.807, 2.05) is 0 Å². The van der Waals surface area contributed by atoms with Gasteiger partial charge in [-0.1, -0.05) is 0 Å². The Kier molecular flexibility index (Phi) is 4.41. The first-order chi connectivity index (χ1) is 10.1. The van der Waals surface area contributed by atoms with Crippen LogP contribution in [0.4, 0.5) is 0 Å². The lowest BCUT2D eigenvalue weighted by Gasteiger charge is -2.49. The van der Waals surface area contributed by atoms with Crippen molar-refractivity contribution in [2.75, 3.05) is 6.61 Å². The summed E-state index contributed by atoms with van der Waals surface area (Å²) in [7, 11) is 0. The van der Waals surface area contributed by atoms with Crippen molar-refractivity contribution >= 4 is 11.9 Å². The number of hydrogen-bond donors (Lipinski definition) is 6. The van der Waals surface area contributed by atoms with Gasteiger partial charge in [0.2, 0.25) is 0 Å². The average Bonchev–Trinajstić information content (AvgIpc) is 2.49. The first-order valence-electron chi connectivity index (χ1n) is 6.44. The number of aliphatic hydroxyl groups excluding tert-OH is 3. The monoisotopic (exact) mass is 323 g/mol. The fourth-order valence-corrected chi connectivity index (χ4v) is 2.18. The summed E-state index contributed by atoms with van der Waals surface area (Å²) in [6.07, 6.45) is -6.50. The van der Waals surface area contributed by atoms with Crippen LogP contribution < -0.4 is 5.73 Å². The number of carbonyl (C=O) groups is 2. The van der Waals surface area contributed by atoms with Gasteiger partial charge in [-0.3, -0.25) is 9.59 Å². The van der Waals surface area contributed by atoms with Gasteiger partial charge in [0.05, 0.1) is 6.61 Å². The summed E-state index contributed by atoms with van der Waals surface area (Å²) in [6, 6.07) is -1.32. The largest absolute Gasteiger partial charge is 0.420 e. The molecule has 126 valence electrons. The van der Waals surface area contributed by atoms with E-state index in [1.165, 1.54) is 0 Å². The zero-order valence-corrected chi connectivity index (χ0v) is 11.3. The van der Waals surface area contributed by atoms with Crippen molar-refractivity contribution in [3.8, 4) is 0 Å². The van der Waals surface area contributed by atoms with Crippen LogP contribution in [-0.2, 0) is 23.8 Å². The molecule has 0 aromatic rings. The third-order valence-electron chi connectivity index (χ3n) is 3.52. The molecule has 2 fully saturated rings. The molecule has 0 unspecified atom stereocenters. The topological polar surface area (TPSA) is 189 Å². The maximum Gasteiger partial charge on any atom is 0.399 e. The minimum absolute atomic E-state index is 0.202. The molecule has 0 aromatic carbocycles. The fraction of sp³-hybridized carbons (Fsp3) is 0.818. The summed E-state index contributed by atoms with van der Waals surface area (Å²) in [5, 5.41) is 49.2. The van der Waals surface area contributed by atoms with Gasteiger partial charge in [0.1, 0.15) is 18.2 Å². The highest BCUT2D eigenvalue weighted by atomic mass is 16.9. The highest BCUT2D eigenvalue weighted by molar-refractivity contribution is 5.78. The van der Waals surface area contributed by atoms with Crippen LogP contribution in [0.15, 0.2) is 0 Å². The third kappa shape index (κ3) is 2.56. The molecule has 0 amide bonds. The number of ether oxygens (including phenoxy) is 3. The predicted octanol–water partition coefficient (Wildman–Crippen LogP) is -4.36. The molecule has 11 nitrogen and oxygen atoms in total. The summed E-state index contributed by atoms with van der Waals surface area (Å²) < 4.78 is 13.8. The van der Waals surface area contributed by atoms with Gasteiger partial charge >= 0.3 is 23.7 Å². The Morgan fingerprint density at radius 2 is 1.86 bits per heavy atom. The molecule has 11 heteroatoms. The van der Waals surface area contributed by atoms with Crippen LogP contribution in [0.5, 0.6) is 0 Å². The molecule has 2 rings (SSSR count). The number of esters is 2. The molecular formula is C11H17NO10. The Balaban J connectivity index is 2.46. The van der Waals surface area contributed by atoms with Crippen LogP contribution in [-0.4, -0.2) is 80.2 Å². The van der Waals surface area contributed by atoms with Crippen LogP contribution in [0.2, 0.25) is 0 Å². The van der Waals surface area contributed by atoms with Crippen molar-refractivity contribution in [1.29, 1.82) is 0 Å². The lowest BCUT2D eigenvalue weighted by molar-refractivity contribution is -0.511. The van der Waals surface area contributed by atoms with Crippen LogP contribution in [0, 0.1) is 0 Å². The van der Waals surface area contributed by atoms with Crippen LogP contribution in [0.25, 0.3) is 0 Å². The van der Waals surface area contributed by atoms with Crippen LogP contribution in [0.1, 0.15) is 12.8 Å². The molecule has 2 heterocycles. The first kappa shape index (κ1) is 17.0. The van der Waals surface area contributed by atoms with E-state index in [1.54, 1.807) is 0 Å². The van der Waals surface area contributed by atoms with Crippen molar-refractivity contribution in [2.45, 2.75) is 49.0 Å². The van der Waals surface area contributed by atoms with Gasteiger partial charge in [0, 0.05) is 6.42 Å². The van der Waals surface area contributed by atoms with Gasteiger partial charge in [0.15, 0.2) is 6.10 Å². The number of rotatable bonds is 1. The molecule has 2 aliphatic heterocycles. The molecule has 0 spiro atoms. The lowest BCUT2D eigenvalue weighted by Crippen LogP contribution is -2.75. The van der Waals surface area contributed by atoms with Gasteiger partial charge < -0.3 is 45.5 Å². The Bertz CT molecular complexity index is 472. The quantitative estimate of drug-likeness (QED) is 0.256. The second-order valence-corrected chi connectivity index (χ2v) is 5.09. The second-order valence-electron chi connectivity index (χ2n) is 5.09. The third-order valence-corrected chi connectivity index (χ3v) is 3.52. The lowest BCUT2D eigenvalue weighted by atomic mass is 9.94. The Morgan fingerprint density at radius 1 is 1.23 bits per heavy atom. The fourth-order valence-electron chi connectivity index (χ4n) is 2.18. The standard InChI is InChI=1S/C11H17NO10/c12-4-1-2-6(14)21-10(18)8(16)7(15)5(3-13)20-11(10,19)22-9(4)17/h4-5,7-8,13,15-16,18-19H,1-3,12H2/t4-,5-,7-,8+,10-,11+/m1/s1. The van der Waals surface area contributed by atoms with Gasteiger partial charge in [-0.2, -0.15) is 0 Å². The van der Waals surface area contributed by atoms with Gasteiger partial charge in [-0.25, -0.2) is 0 Å². The van der Waals surface area contributed by atoms with Crippen molar-refractivity contribution in [1.82, 2.24) is 0 Å². The molecular weight excluding hydrogens is 306 g/mol. The summed E-state index contributed by atoms with van der Waals surface area (Å²) in [6.45, 7) is -0.895. The molecule has 2 aliphatic rings. The average molecular weight is 323 g/mol. The number of hydrogen-bond acceptors (Lipinski definition) is 11. The van der Waals surface area contributed by atoms with Gasteiger partial charge in [-0.05, 0) is 6.42 Å². The summed E-state index contributed by atoms with van der Waals surface area (Å²) in [5.41, 5.74) is 5.44. The minimum atomic E-state index is -3.35. The molecule has 0 aromatic heterocycles. The molecule has 0 saturated carbocycles. The number of aliphatic hydroxyl groups is 5. The Labute approximate surface area is 123 Å². The van der Waals surface area contributed by atoms with Gasteiger partial charge in [-0.15, -0.1) is 0 Å². The van der Waals surface area contributed by atoms with E-state index in [-0.39, 0.29) is 6.42 Å². The Hall–Kier alpha value is -1.34. The SMILES string of the molecule is N[C@@H]1CCC(=O)O[C@]2(O)[C@@H](O)[C@H](O)[C@@H](CO)O[C@]2(O)OC1=O. The van der Waals surface area contributed by atoms with E-state index in [4.69, 9.17) is 15.6 Å². The van der Waals surface area contributed by atoms with Crippen molar-refractivity contribution in [3.05, 3.63) is 0 Å². The van der Waals surface area contributed by atoms with E-state index in [9.17, 15) is 30.0 Å². The summed E-state index contributed by atoms with van der Waals surface area (Å²) >= 11 is 0. The van der Waals surface area contributed by atoms with Crippen molar-refractivity contribution < 1.29 is 49.3 Å². The molecule has 2 saturated heterocycles. The van der Waals surface area contributed by atoms with E-state index in [0.29, 0.717) is 0 Å². The molecule has 6 atom stereocenters. The zero-order chi connectivity index (χ0) is 16.7. The number of nitrogens with two attached hydrogens (primary N) is 1. The predicted molar refractivity (Wildman–Crippen MR) is 63.3 cm³/mol. The highest BCUT2D eigenvalue weighted by Gasteiger charge is 2.70. The molecule has 0 bridgehead atoms. The maximum atomic E-state index is 11.7. The smallest absolute Gasteiger partial charge is 0.399 e. The highest BCUT2D eigenvalue weighted by Crippen LogP contribution is 2.39. The van der Waals surface area contributed by atoms with E-state index in [2.05, 4.69) is 9.47 Å². The molecule has 22 heavy (non-hydrogen) atoms. The van der Waals surface area contributed by atoms with Gasteiger partial charge in [0.25, 0.3) is 0 Å². The van der Waals surface area contributed by atoms with Crippen molar-refractivity contribution in [3.63, 3.8) is 0 Å². The van der Waals surface area contributed by atoms with Crippen LogP contribution in [0.3, 0.4) is 0 Å². The first-order valence-corrected chi connectivity index (χ1v) is 6.44. The summed E-state index contributed by atoms with van der Waals surface area (Å²) in [5.74, 6) is -9.01. The van der Waals surface area contributed by atoms with E-state index >= 15 is 0 Å². The molecule has 0 radical (unpaired) electrons. The molecule has 7 N–H and O–H groups in total. The minimum Gasteiger partial charge on any atom is -0.420 e.